The number of halogens is 1. The maximum atomic E-state index is 12.8. The molecule has 0 aromatic heterocycles. The first kappa shape index (κ1) is 22.3. The lowest BCUT2D eigenvalue weighted by atomic mass is 9.95. The molecule has 0 saturated carbocycles. The summed E-state index contributed by atoms with van der Waals surface area (Å²) in [5, 5.41) is 4.05. The Hall–Kier alpha value is -1.88. The zero-order valence-corrected chi connectivity index (χ0v) is 19.1. The van der Waals surface area contributed by atoms with E-state index < -0.39 is 0 Å². The number of benzene rings is 2. The van der Waals surface area contributed by atoms with Crippen molar-refractivity contribution in [3.8, 4) is 0 Å². The number of carbonyl (C=O) groups is 1. The molecule has 2 heterocycles. The largest absolute Gasteiger partial charge is 0.352 e. The molecular formula is C26H34ClN3O. The molecule has 0 radical (unpaired) electrons. The predicted octanol–water partition coefficient (Wildman–Crippen LogP) is 4.85. The van der Waals surface area contributed by atoms with Crippen LogP contribution in [-0.2, 0) is 24.4 Å². The number of rotatable bonds is 7. The van der Waals surface area contributed by atoms with Crippen molar-refractivity contribution in [2.24, 2.45) is 5.92 Å². The second-order valence-corrected chi connectivity index (χ2v) is 9.37. The Bertz CT molecular complexity index is 857. The fourth-order valence-corrected chi connectivity index (χ4v) is 4.99. The van der Waals surface area contributed by atoms with Crippen molar-refractivity contribution in [3.05, 3.63) is 70.2 Å². The monoisotopic (exact) mass is 439 g/mol. The smallest absolute Gasteiger partial charge is 0.223 e. The van der Waals surface area contributed by atoms with Gasteiger partial charge in [0, 0.05) is 30.6 Å². The van der Waals surface area contributed by atoms with E-state index in [1.54, 1.807) is 0 Å². The van der Waals surface area contributed by atoms with Crippen LogP contribution in [-0.4, -0.2) is 41.9 Å². The van der Waals surface area contributed by atoms with Gasteiger partial charge in [-0.15, -0.1) is 0 Å². The van der Waals surface area contributed by atoms with Gasteiger partial charge in [0.15, 0.2) is 0 Å². The number of hydrogen-bond donors (Lipinski definition) is 1. The van der Waals surface area contributed by atoms with Gasteiger partial charge < -0.3 is 5.32 Å². The molecule has 5 heteroatoms. The predicted molar refractivity (Wildman–Crippen MR) is 127 cm³/mol. The molecule has 1 N–H and O–H groups in total. The molecule has 2 aromatic rings. The fraction of sp³-hybridized carbons (Fsp3) is 0.500. The second kappa shape index (κ2) is 11.1. The quantitative estimate of drug-likeness (QED) is 0.669. The summed E-state index contributed by atoms with van der Waals surface area (Å²) >= 11 is 6.30. The van der Waals surface area contributed by atoms with Gasteiger partial charge >= 0.3 is 0 Å². The first-order valence-corrected chi connectivity index (χ1v) is 12.1. The van der Waals surface area contributed by atoms with E-state index in [-0.39, 0.29) is 11.8 Å². The van der Waals surface area contributed by atoms with Crippen LogP contribution in [0, 0.1) is 5.92 Å². The third kappa shape index (κ3) is 6.31. The maximum Gasteiger partial charge on any atom is 0.223 e. The molecule has 0 spiro atoms. The Labute approximate surface area is 191 Å². The molecule has 2 aliphatic heterocycles. The summed E-state index contributed by atoms with van der Waals surface area (Å²) < 4.78 is 0. The van der Waals surface area contributed by atoms with Crippen LogP contribution in [0.1, 0.15) is 48.8 Å². The molecule has 1 amide bonds. The summed E-state index contributed by atoms with van der Waals surface area (Å²) in [6.07, 6.45) is 5.77. The van der Waals surface area contributed by atoms with Crippen LogP contribution in [0.5, 0.6) is 0 Å². The molecule has 2 saturated heterocycles. The molecule has 2 aliphatic rings. The summed E-state index contributed by atoms with van der Waals surface area (Å²) in [5.41, 5.74) is 3.76. The highest BCUT2D eigenvalue weighted by molar-refractivity contribution is 6.31. The topological polar surface area (TPSA) is 35.6 Å². The first-order valence-electron chi connectivity index (χ1n) is 11.7. The average molecular weight is 440 g/mol. The van der Waals surface area contributed by atoms with Gasteiger partial charge in [-0.3, -0.25) is 14.6 Å². The lowest BCUT2D eigenvalue weighted by Crippen LogP contribution is -2.40. The molecule has 0 aliphatic carbocycles. The highest BCUT2D eigenvalue weighted by atomic mass is 35.5. The van der Waals surface area contributed by atoms with E-state index in [4.69, 9.17) is 11.6 Å². The Balaban J connectivity index is 1.25. The van der Waals surface area contributed by atoms with E-state index in [2.05, 4.69) is 45.4 Å². The average Bonchev–Trinajstić information content (AvgIpc) is 2.81. The second-order valence-electron chi connectivity index (χ2n) is 8.97. The number of nitrogens with one attached hydrogen (secondary N) is 1. The summed E-state index contributed by atoms with van der Waals surface area (Å²) in [6.45, 7) is 6.73. The number of piperidine rings is 2. The molecule has 4 rings (SSSR count). The van der Waals surface area contributed by atoms with Crippen molar-refractivity contribution in [2.45, 2.75) is 51.7 Å². The third-order valence-electron chi connectivity index (χ3n) is 6.72. The van der Waals surface area contributed by atoms with Crippen molar-refractivity contribution in [2.75, 3.05) is 26.2 Å². The van der Waals surface area contributed by atoms with E-state index >= 15 is 0 Å². The van der Waals surface area contributed by atoms with Crippen molar-refractivity contribution in [1.29, 1.82) is 0 Å². The summed E-state index contributed by atoms with van der Waals surface area (Å²) in [6, 6.07) is 16.6. The van der Waals surface area contributed by atoms with Gasteiger partial charge in [0.1, 0.15) is 0 Å². The zero-order chi connectivity index (χ0) is 21.5. The van der Waals surface area contributed by atoms with E-state index in [0.29, 0.717) is 6.54 Å². The van der Waals surface area contributed by atoms with Gasteiger partial charge in [0.05, 0.1) is 0 Å². The molecule has 0 atom stereocenters. The van der Waals surface area contributed by atoms with Gasteiger partial charge in [0.2, 0.25) is 5.91 Å². The van der Waals surface area contributed by atoms with Gasteiger partial charge in [0.25, 0.3) is 0 Å². The van der Waals surface area contributed by atoms with Crippen molar-refractivity contribution < 1.29 is 4.79 Å². The van der Waals surface area contributed by atoms with Crippen LogP contribution in [0.2, 0.25) is 5.02 Å². The SMILES string of the molecule is O=C(NCc1ccccc1CN1CCCCC1)C1CCN(Cc2ccccc2Cl)CC1. The molecular weight excluding hydrogens is 406 g/mol. The fourth-order valence-electron chi connectivity index (χ4n) is 4.79. The molecule has 31 heavy (non-hydrogen) atoms. The van der Waals surface area contributed by atoms with Crippen LogP contribution in [0.4, 0.5) is 0 Å². The summed E-state index contributed by atoms with van der Waals surface area (Å²) in [4.78, 5) is 17.8. The normalized spacial score (nSPS) is 18.7. The van der Waals surface area contributed by atoms with Crippen LogP contribution in [0.3, 0.4) is 0 Å². The minimum atomic E-state index is 0.108. The summed E-state index contributed by atoms with van der Waals surface area (Å²) in [5.74, 6) is 0.307. The lowest BCUT2D eigenvalue weighted by molar-refractivity contribution is -0.126. The molecule has 166 valence electrons. The number of nitrogens with zero attached hydrogens (tertiary/aromatic N) is 2. The summed E-state index contributed by atoms with van der Waals surface area (Å²) in [7, 11) is 0. The number of hydrogen-bond acceptors (Lipinski definition) is 3. The van der Waals surface area contributed by atoms with Crippen molar-refractivity contribution in [1.82, 2.24) is 15.1 Å². The van der Waals surface area contributed by atoms with Gasteiger partial charge in [-0.2, -0.15) is 0 Å². The Morgan fingerprint density at radius 2 is 1.39 bits per heavy atom. The first-order chi connectivity index (χ1) is 15.2. The van der Waals surface area contributed by atoms with Crippen molar-refractivity contribution in [3.63, 3.8) is 0 Å². The van der Waals surface area contributed by atoms with Gasteiger partial charge in [-0.1, -0.05) is 60.5 Å². The Morgan fingerprint density at radius 1 is 0.806 bits per heavy atom. The van der Waals surface area contributed by atoms with Gasteiger partial charge in [-0.05, 0) is 74.6 Å². The molecule has 0 unspecified atom stereocenters. The van der Waals surface area contributed by atoms with E-state index in [1.165, 1.54) is 43.5 Å². The number of amides is 1. The molecule has 4 nitrogen and oxygen atoms in total. The Kier molecular flexibility index (Phi) is 8.01. The van der Waals surface area contributed by atoms with Crippen LogP contribution in [0.25, 0.3) is 0 Å². The maximum absolute atomic E-state index is 12.8. The van der Waals surface area contributed by atoms with Crippen LogP contribution in [0.15, 0.2) is 48.5 Å². The highest BCUT2D eigenvalue weighted by Crippen LogP contribution is 2.23. The Morgan fingerprint density at radius 3 is 2.10 bits per heavy atom. The zero-order valence-electron chi connectivity index (χ0n) is 18.4. The molecule has 2 aromatic carbocycles. The number of likely N-dealkylation sites (tertiary alicyclic amines) is 2. The van der Waals surface area contributed by atoms with Crippen molar-refractivity contribution >= 4 is 17.5 Å². The third-order valence-corrected chi connectivity index (χ3v) is 7.09. The van der Waals surface area contributed by atoms with Gasteiger partial charge in [-0.25, -0.2) is 0 Å². The van der Waals surface area contributed by atoms with E-state index in [1.807, 2.05) is 18.2 Å². The van der Waals surface area contributed by atoms with E-state index in [9.17, 15) is 4.79 Å². The molecule has 0 bridgehead atoms. The van der Waals surface area contributed by atoms with Crippen LogP contribution < -0.4 is 5.32 Å². The van der Waals surface area contributed by atoms with E-state index in [0.717, 1.165) is 49.6 Å². The minimum absolute atomic E-state index is 0.108. The lowest BCUT2D eigenvalue weighted by Gasteiger charge is -2.31. The highest BCUT2D eigenvalue weighted by Gasteiger charge is 2.25. The number of carbonyl (C=O) groups excluding carboxylic acids is 1. The minimum Gasteiger partial charge on any atom is -0.352 e. The van der Waals surface area contributed by atoms with Crippen LogP contribution >= 0.6 is 11.6 Å². The molecule has 2 fully saturated rings. The standard InChI is InChI=1S/C26H34ClN3O/c27-25-11-5-4-10-24(25)20-30-16-12-21(13-17-30)26(31)28-18-22-8-2-3-9-23(22)19-29-14-6-1-7-15-29/h2-5,8-11,21H,1,6-7,12-20H2,(H,28,31).